The third-order valence-corrected chi connectivity index (χ3v) is 6.20. The molecule has 2 nitrogen and oxygen atoms in total. The second-order valence-corrected chi connectivity index (χ2v) is 8.20. The van der Waals surface area contributed by atoms with Gasteiger partial charge in [0, 0.05) is 22.2 Å². The van der Waals surface area contributed by atoms with Gasteiger partial charge in [0.15, 0.2) is 5.78 Å². The molecule has 2 aliphatic rings. The zero-order valence-corrected chi connectivity index (χ0v) is 18.0. The first-order chi connectivity index (χ1) is 16.3. The van der Waals surface area contributed by atoms with Crippen molar-refractivity contribution in [3.05, 3.63) is 132 Å². The minimum Gasteiger partial charge on any atom is -0.354 e. The van der Waals surface area contributed by atoms with Crippen LogP contribution in [0.3, 0.4) is 0 Å². The van der Waals surface area contributed by atoms with Crippen LogP contribution in [-0.4, -0.2) is 10.8 Å². The van der Waals surface area contributed by atoms with Crippen LogP contribution in [0.2, 0.25) is 0 Å². The maximum absolute atomic E-state index is 14.0. The van der Waals surface area contributed by atoms with Crippen LogP contribution >= 0.6 is 0 Å². The molecule has 0 amide bonds. The summed E-state index contributed by atoms with van der Waals surface area (Å²) < 4.78 is 0. The van der Waals surface area contributed by atoms with Gasteiger partial charge in [-0.05, 0) is 34.2 Å². The lowest BCUT2D eigenvalue weighted by molar-refractivity contribution is 0.104. The van der Waals surface area contributed by atoms with Crippen molar-refractivity contribution in [3.63, 3.8) is 0 Å². The summed E-state index contributed by atoms with van der Waals surface area (Å²) in [6.07, 6.45) is 0. The molecule has 4 aromatic rings. The van der Waals surface area contributed by atoms with Gasteiger partial charge in [0.25, 0.3) is 0 Å². The Bertz CT molecular complexity index is 1550. The van der Waals surface area contributed by atoms with Crippen LogP contribution in [0.4, 0.5) is 0 Å². The highest BCUT2D eigenvalue weighted by molar-refractivity contribution is 6.22. The minimum atomic E-state index is 0.0214. The number of carbonyl (C=O) groups excluding carboxylic acids is 1. The standard InChI is InChI=1S/C31H21NO/c33-31(23-16-8-3-9-17-23)29-28(22-14-6-2-7-15-22)27(21-12-4-1-5-13-21)25-20-24-18-10-11-19-26(24)32-30(25)29/h1-20,32H. The number of ketones is 1. The number of aromatic nitrogens is 1. The first-order valence-corrected chi connectivity index (χ1v) is 11.1. The van der Waals surface area contributed by atoms with E-state index >= 15 is 0 Å². The second-order valence-electron chi connectivity index (χ2n) is 8.20. The number of pyridine rings is 1. The topological polar surface area (TPSA) is 32.9 Å². The average Bonchev–Trinajstić information content (AvgIpc) is 3.22. The second kappa shape index (κ2) is 7.92. The molecule has 156 valence electrons. The molecule has 1 aliphatic heterocycles. The van der Waals surface area contributed by atoms with Gasteiger partial charge in [-0.3, -0.25) is 4.79 Å². The highest BCUT2D eigenvalue weighted by Gasteiger charge is 2.30. The molecule has 0 saturated carbocycles. The van der Waals surface area contributed by atoms with Crippen molar-refractivity contribution in [1.29, 1.82) is 0 Å². The molecule has 1 heterocycles. The van der Waals surface area contributed by atoms with Crippen LogP contribution in [0.25, 0.3) is 44.4 Å². The van der Waals surface area contributed by atoms with Crippen molar-refractivity contribution < 1.29 is 4.79 Å². The summed E-state index contributed by atoms with van der Waals surface area (Å²) in [6, 6.07) is 40.6. The largest absolute Gasteiger partial charge is 0.354 e. The van der Waals surface area contributed by atoms with Crippen molar-refractivity contribution in [2.45, 2.75) is 0 Å². The van der Waals surface area contributed by atoms with Crippen molar-refractivity contribution in [3.8, 4) is 33.5 Å². The van der Waals surface area contributed by atoms with Gasteiger partial charge in [0.1, 0.15) is 0 Å². The number of hydrogen-bond acceptors (Lipinski definition) is 1. The number of fused-ring (bicyclic) bond motifs is 2. The van der Waals surface area contributed by atoms with Crippen LogP contribution in [0, 0.1) is 0 Å². The van der Waals surface area contributed by atoms with Crippen LogP contribution in [0.1, 0.15) is 15.9 Å². The first kappa shape index (κ1) is 19.3. The molecule has 0 atom stereocenters. The molecular formula is C31H21NO. The smallest absolute Gasteiger partial charge is 0.195 e. The number of rotatable bonds is 4. The van der Waals surface area contributed by atoms with Gasteiger partial charge in [-0.25, -0.2) is 0 Å². The fourth-order valence-corrected chi connectivity index (χ4v) is 4.70. The van der Waals surface area contributed by atoms with Gasteiger partial charge in [-0.15, -0.1) is 0 Å². The molecule has 0 fully saturated rings. The van der Waals surface area contributed by atoms with Crippen molar-refractivity contribution in [2.75, 3.05) is 0 Å². The molecular weight excluding hydrogens is 402 g/mol. The Balaban J connectivity index is 1.79. The molecule has 0 aromatic heterocycles. The molecule has 0 bridgehead atoms. The maximum atomic E-state index is 14.0. The lowest BCUT2D eigenvalue weighted by Crippen LogP contribution is -2.04. The molecule has 1 N–H and O–H groups in total. The summed E-state index contributed by atoms with van der Waals surface area (Å²) in [5.41, 5.74) is 8.51. The fraction of sp³-hybridized carbons (Fsp3) is 0. The predicted octanol–water partition coefficient (Wildman–Crippen LogP) is 7.84. The quantitative estimate of drug-likeness (QED) is 0.288. The lowest BCUT2D eigenvalue weighted by atomic mass is 9.93. The summed E-state index contributed by atoms with van der Waals surface area (Å²) in [5, 5.41) is 1.12. The van der Waals surface area contributed by atoms with Gasteiger partial charge < -0.3 is 4.98 Å². The van der Waals surface area contributed by atoms with Crippen LogP contribution in [0.15, 0.2) is 121 Å². The monoisotopic (exact) mass is 423 g/mol. The van der Waals surface area contributed by atoms with Gasteiger partial charge in [0.05, 0.1) is 11.3 Å². The number of benzene rings is 4. The van der Waals surface area contributed by atoms with Gasteiger partial charge in [0.2, 0.25) is 0 Å². The number of nitrogens with one attached hydrogen (secondary N) is 1. The molecule has 0 saturated heterocycles. The Morgan fingerprint density at radius 2 is 1.12 bits per heavy atom. The molecule has 0 unspecified atom stereocenters. The molecule has 0 radical (unpaired) electrons. The van der Waals surface area contributed by atoms with Crippen LogP contribution < -0.4 is 0 Å². The Morgan fingerprint density at radius 3 is 1.79 bits per heavy atom. The van der Waals surface area contributed by atoms with Crippen molar-refractivity contribution in [1.82, 2.24) is 4.98 Å². The normalized spacial score (nSPS) is 11.2. The van der Waals surface area contributed by atoms with E-state index < -0.39 is 0 Å². The average molecular weight is 424 g/mol. The molecule has 2 heteroatoms. The predicted molar refractivity (Wildman–Crippen MR) is 136 cm³/mol. The Kier molecular flexibility index (Phi) is 4.63. The highest BCUT2D eigenvalue weighted by Crippen LogP contribution is 2.49. The molecule has 1 aliphatic carbocycles. The summed E-state index contributed by atoms with van der Waals surface area (Å²) in [5.74, 6) is 0.0214. The number of hydrogen-bond donors (Lipinski definition) is 1. The van der Waals surface area contributed by atoms with E-state index in [1.54, 1.807) is 0 Å². The van der Waals surface area contributed by atoms with Gasteiger partial charge in [-0.1, -0.05) is 109 Å². The zero-order chi connectivity index (χ0) is 22.2. The zero-order valence-electron chi connectivity index (χ0n) is 18.0. The third-order valence-electron chi connectivity index (χ3n) is 6.20. The Morgan fingerprint density at radius 1 is 0.576 bits per heavy atom. The number of aromatic amines is 1. The lowest BCUT2D eigenvalue weighted by Gasteiger charge is -2.09. The van der Waals surface area contributed by atoms with Crippen LogP contribution in [-0.2, 0) is 0 Å². The number of H-pyrrole nitrogens is 1. The fourth-order valence-electron chi connectivity index (χ4n) is 4.70. The summed E-state index contributed by atoms with van der Waals surface area (Å²) in [6.45, 7) is 0. The van der Waals surface area contributed by atoms with Crippen molar-refractivity contribution >= 4 is 16.7 Å². The minimum absolute atomic E-state index is 0.0214. The Hall–Kier alpha value is -4.43. The van der Waals surface area contributed by atoms with E-state index in [-0.39, 0.29) is 5.78 Å². The first-order valence-electron chi connectivity index (χ1n) is 11.1. The number of para-hydroxylation sites is 1. The van der Waals surface area contributed by atoms with Crippen molar-refractivity contribution in [2.24, 2.45) is 0 Å². The van der Waals surface area contributed by atoms with E-state index in [1.807, 2.05) is 78.9 Å². The summed E-state index contributed by atoms with van der Waals surface area (Å²) in [4.78, 5) is 17.6. The summed E-state index contributed by atoms with van der Waals surface area (Å²) in [7, 11) is 0. The van der Waals surface area contributed by atoms with Gasteiger partial charge in [-0.2, -0.15) is 0 Å². The van der Waals surface area contributed by atoms with Gasteiger partial charge >= 0.3 is 0 Å². The molecule has 33 heavy (non-hydrogen) atoms. The highest BCUT2D eigenvalue weighted by atomic mass is 16.1. The molecule has 0 spiro atoms. The molecule has 6 rings (SSSR count). The SMILES string of the molecule is O=C(c1ccccc1)c1c2[nH]c3ccccc3cc-2c(-c2ccccc2)c1-c1ccccc1. The van der Waals surface area contributed by atoms with E-state index in [1.165, 1.54) is 0 Å². The van der Waals surface area contributed by atoms with E-state index in [0.29, 0.717) is 11.1 Å². The van der Waals surface area contributed by atoms with Crippen LogP contribution in [0.5, 0.6) is 0 Å². The van der Waals surface area contributed by atoms with E-state index in [9.17, 15) is 4.79 Å². The number of carbonyl (C=O) groups is 1. The Labute approximate surface area is 192 Å². The molecule has 4 aromatic carbocycles. The summed E-state index contributed by atoms with van der Waals surface area (Å²) >= 11 is 0. The van der Waals surface area contributed by atoms with E-state index in [0.717, 1.165) is 44.4 Å². The van der Waals surface area contributed by atoms with E-state index in [2.05, 4.69) is 47.4 Å². The third kappa shape index (κ3) is 3.24. The maximum Gasteiger partial charge on any atom is 0.195 e. The van der Waals surface area contributed by atoms with E-state index in [4.69, 9.17) is 0 Å².